The number of anilines is 3. The summed E-state index contributed by atoms with van der Waals surface area (Å²) in [4.78, 5) is 33.1. The van der Waals surface area contributed by atoms with Crippen molar-refractivity contribution in [2.75, 3.05) is 48.0 Å². The number of pyridine rings is 1. The molecule has 3 heterocycles. The Labute approximate surface area is 164 Å². The Morgan fingerprint density at radius 1 is 1.14 bits per heavy atom. The van der Waals surface area contributed by atoms with Gasteiger partial charge in [-0.1, -0.05) is 6.07 Å². The van der Waals surface area contributed by atoms with Crippen molar-refractivity contribution in [3.05, 3.63) is 47.8 Å². The summed E-state index contributed by atoms with van der Waals surface area (Å²) in [5.74, 6) is -0.229. The molecule has 0 spiro atoms. The Balaban J connectivity index is 1.62. The Hall–Kier alpha value is -2.93. The summed E-state index contributed by atoms with van der Waals surface area (Å²) in [6.45, 7) is 5.13. The molecule has 28 heavy (non-hydrogen) atoms. The maximum Gasteiger partial charge on any atom is 0.276 e. The lowest BCUT2D eigenvalue weighted by molar-refractivity contribution is -0.114. The molecule has 0 radical (unpaired) electrons. The number of carbonyl (C=O) groups excluding carboxylic acids is 2. The highest BCUT2D eigenvalue weighted by Gasteiger charge is 2.26. The predicted molar refractivity (Wildman–Crippen MR) is 108 cm³/mol. The van der Waals surface area contributed by atoms with Crippen molar-refractivity contribution in [3.63, 3.8) is 0 Å². The number of hydrogen-bond donors (Lipinski definition) is 1. The lowest BCUT2D eigenvalue weighted by atomic mass is 9.99. The molecule has 146 valence electrons. The highest BCUT2D eigenvalue weighted by atomic mass is 16.5. The molecular weight excluding hydrogens is 356 g/mol. The standard InChI is InChI=1S/C21H24N4O3/c1-15(26)23-18-5-2-6-20-17(18)4-3-9-25(20)21(27)19-14-16(7-8-22-19)24-10-12-28-13-11-24/h2,5-8,14H,3-4,9-13H2,1H3,(H,23,26). The topological polar surface area (TPSA) is 74.8 Å². The van der Waals surface area contributed by atoms with Gasteiger partial charge in [-0.2, -0.15) is 0 Å². The van der Waals surface area contributed by atoms with E-state index >= 15 is 0 Å². The number of fused-ring (bicyclic) bond motifs is 1. The van der Waals surface area contributed by atoms with Gasteiger partial charge < -0.3 is 19.9 Å². The van der Waals surface area contributed by atoms with Crippen LogP contribution < -0.4 is 15.1 Å². The minimum Gasteiger partial charge on any atom is -0.378 e. The molecule has 2 aliphatic heterocycles. The van der Waals surface area contributed by atoms with Crippen LogP contribution in [0.15, 0.2) is 36.5 Å². The van der Waals surface area contributed by atoms with E-state index in [0.29, 0.717) is 25.5 Å². The van der Waals surface area contributed by atoms with E-state index < -0.39 is 0 Å². The molecule has 0 atom stereocenters. The monoisotopic (exact) mass is 380 g/mol. The van der Waals surface area contributed by atoms with Gasteiger partial charge in [-0.15, -0.1) is 0 Å². The van der Waals surface area contributed by atoms with Crippen LogP contribution in [0.4, 0.5) is 17.1 Å². The van der Waals surface area contributed by atoms with E-state index in [1.165, 1.54) is 6.92 Å². The molecule has 2 aromatic rings. The fourth-order valence-electron chi connectivity index (χ4n) is 3.84. The molecule has 2 aliphatic rings. The Kier molecular flexibility index (Phi) is 5.25. The van der Waals surface area contributed by atoms with Crippen molar-refractivity contribution in [2.45, 2.75) is 19.8 Å². The maximum atomic E-state index is 13.3. The average molecular weight is 380 g/mol. The van der Waals surface area contributed by atoms with Crippen molar-refractivity contribution in [1.29, 1.82) is 0 Å². The first-order chi connectivity index (χ1) is 13.6. The molecule has 7 heteroatoms. The number of nitrogens with one attached hydrogen (secondary N) is 1. The molecule has 7 nitrogen and oxygen atoms in total. The van der Waals surface area contributed by atoms with Crippen molar-refractivity contribution in [2.24, 2.45) is 0 Å². The van der Waals surface area contributed by atoms with Crippen LogP contribution >= 0.6 is 0 Å². The summed E-state index contributed by atoms with van der Waals surface area (Å²) in [5, 5.41) is 2.87. The van der Waals surface area contributed by atoms with Crippen molar-refractivity contribution < 1.29 is 14.3 Å². The molecule has 4 rings (SSSR count). The number of carbonyl (C=O) groups is 2. The zero-order valence-electron chi connectivity index (χ0n) is 16.0. The van der Waals surface area contributed by atoms with Crippen LogP contribution in [0.1, 0.15) is 29.4 Å². The largest absolute Gasteiger partial charge is 0.378 e. The highest BCUT2D eigenvalue weighted by molar-refractivity contribution is 6.06. The molecule has 0 saturated carbocycles. The summed E-state index contributed by atoms with van der Waals surface area (Å²) in [6.07, 6.45) is 3.37. The summed E-state index contributed by atoms with van der Waals surface area (Å²) >= 11 is 0. The van der Waals surface area contributed by atoms with E-state index in [1.54, 1.807) is 11.1 Å². The molecule has 1 aromatic heterocycles. The number of hydrogen-bond acceptors (Lipinski definition) is 5. The first-order valence-electron chi connectivity index (χ1n) is 9.63. The van der Waals surface area contributed by atoms with E-state index in [9.17, 15) is 9.59 Å². The number of amides is 2. The zero-order valence-corrected chi connectivity index (χ0v) is 16.0. The van der Waals surface area contributed by atoms with Gasteiger partial charge in [0, 0.05) is 49.8 Å². The SMILES string of the molecule is CC(=O)Nc1cccc2c1CCCN2C(=O)c1cc(N2CCOCC2)ccn1. The van der Waals surface area contributed by atoms with Gasteiger partial charge in [-0.3, -0.25) is 14.6 Å². The molecule has 1 fully saturated rings. The van der Waals surface area contributed by atoms with Gasteiger partial charge in [-0.05, 0) is 42.7 Å². The third-order valence-electron chi connectivity index (χ3n) is 5.15. The minimum atomic E-state index is -0.115. The molecule has 1 N–H and O–H groups in total. The van der Waals surface area contributed by atoms with E-state index in [4.69, 9.17) is 4.74 Å². The number of morpholine rings is 1. The first kappa shape index (κ1) is 18.4. The lowest BCUT2D eigenvalue weighted by Crippen LogP contribution is -2.38. The van der Waals surface area contributed by atoms with Gasteiger partial charge in [0.05, 0.1) is 13.2 Å². The molecule has 1 aromatic carbocycles. The number of nitrogens with zero attached hydrogens (tertiary/aromatic N) is 3. The van der Waals surface area contributed by atoms with Crippen LogP contribution in [0.2, 0.25) is 0 Å². The van der Waals surface area contributed by atoms with E-state index in [-0.39, 0.29) is 11.8 Å². The summed E-state index contributed by atoms with van der Waals surface area (Å²) < 4.78 is 5.41. The highest BCUT2D eigenvalue weighted by Crippen LogP contribution is 2.33. The summed E-state index contributed by atoms with van der Waals surface area (Å²) in [7, 11) is 0. The van der Waals surface area contributed by atoms with Crippen LogP contribution in [0.25, 0.3) is 0 Å². The summed E-state index contributed by atoms with van der Waals surface area (Å²) in [5.41, 5.74) is 4.05. The van der Waals surface area contributed by atoms with Crippen molar-refractivity contribution in [3.8, 4) is 0 Å². The lowest BCUT2D eigenvalue weighted by Gasteiger charge is -2.31. The smallest absolute Gasteiger partial charge is 0.276 e. The third kappa shape index (κ3) is 3.71. The van der Waals surface area contributed by atoms with Crippen LogP contribution in [0.5, 0.6) is 0 Å². The second-order valence-electron chi connectivity index (χ2n) is 7.04. The summed E-state index contributed by atoms with van der Waals surface area (Å²) in [6, 6.07) is 9.48. The molecule has 2 amide bonds. The molecule has 0 unspecified atom stereocenters. The second-order valence-corrected chi connectivity index (χ2v) is 7.04. The third-order valence-corrected chi connectivity index (χ3v) is 5.15. The van der Waals surface area contributed by atoms with Crippen LogP contribution in [0.3, 0.4) is 0 Å². The second kappa shape index (κ2) is 7.98. The minimum absolute atomic E-state index is 0.114. The van der Waals surface area contributed by atoms with E-state index in [2.05, 4.69) is 15.2 Å². The fraction of sp³-hybridized carbons (Fsp3) is 0.381. The number of rotatable bonds is 3. The number of ether oxygens (including phenoxy) is 1. The Bertz CT molecular complexity index is 893. The predicted octanol–water partition coefficient (Wildman–Crippen LogP) is 2.47. The fourth-order valence-corrected chi connectivity index (χ4v) is 3.84. The Morgan fingerprint density at radius 2 is 1.96 bits per heavy atom. The van der Waals surface area contributed by atoms with Gasteiger partial charge in [0.1, 0.15) is 5.69 Å². The van der Waals surface area contributed by atoms with Crippen LogP contribution in [-0.4, -0.2) is 49.6 Å². The van der Waals surface area contributed by atoms with Gasteiger partial charge in [-0.25, -0.2) is 0 Å². The first-order valence-corrected chi connectivity index (χ1v) is 9.63. The van der Waals surface area contributed by atoms with E-state index in [1.807, 2.05) is 30.3 Å². The van der Waals surface area contributed by atoms with Gasteiger partial charge in [0.15, 0.2) is 0 Å². The van der Waals surface area contributed by atoms with Crippen LogP contribution in [-0.2, 0) is 16.0 Å². The average Bonchev–Trinajstić information content (AvgIpc) is 2.73. The molecule has 0 aliphatic carbocycles. The van der Waals surface area contributed by atoms with Gasteiger partial charge in [0.25, 0.3) is 5.91 Å². The molecular formula is C21H24N4O3. The van der Waals surface area contributed by atoms with Crippen molar-refractivity contribution >= 4 is 28.9 Å². The van der Waals surface area contributed by atoms with Crippen LogP contribution in [0, 0.1) is 0 Å². The van der Waals surface area contributed by atoms with E-state index in [0.717, 1.165) is 48.6 Å². The normalized spacial score (nSPS) is 16.5. The zero-order chi connectivity index (χ0) is 19.5. The van der Waals surface area contributed by atoms with Gasteiger partial charge in [0.2, 0.25) is 5.91 Å². The quantitative estimate of drug-likeness (QED) is 0.885. The van der Waals surface area contributed by atoms with Crippen molar-refractivity contribution in [1.82, 2.24) is 4.98 Å². The molecule has 0 bridgehead atoms. The molecule has 1 saturated heterocycles. The number of aromatic nitrogens is 1. The Morgan fingerprint density at radius 3 is 2.75 bits per heavy atom. The maximum absolute atomic E-state index is 13.3. The number of benzene rings is 1. The van der Waals surface area contributed by atoms with Gasteiger partial charge >= 0.3 is 0 Å².